The van der Waals surface area contributed by atoms with Gasteiger partial charge in [-0.25, -0.2) is 4.79 Å². The molecule has 5 rings (SSSR count). The van der Waals surface area contributed by atoms with E-state index >= 15 is 0 Å². The Balaban J connectivity index is 1.46. The summed E-state index contributed by atoms with van der Waals surface area (Å²) in [6.07, 6.45) is 2.62. The van der Waals surface area contributed by atoms with Crippen LogP contribution >= 0.6 is 23.2 Å². The smallest absolute Gasteiger partial charge is 0.410 e. The second-order valence-corrected chi connectivity index (χ2v) is 11.0. The minimum atomic E-state index is -0.436. The van der Waals surface area contributed by atoms with Crippen LogP contribution in [0.1, 0.15) is 41.8 Å². The van der Waals surface area contributed by atoms with E-state index in [2.05, 4.69) is 15.2 Å². The summed E-state index contributed by atoms with van der Waals surface area (Å²) in [6, 6.07) is 15.9. The first-order valence-electron chi connectivity index (χ1n) is 13.4. The average Bonchev–Trinajstić information content (AvgIpc) is 3.43. The first-order chi connectivity index (χ1) is 19.9. The Hall–Kier alpha value is -3.94. The molecule has 1 unspecified atom stereocenters. The van der Waals surface area contributed by atoms with Gasteiger partial charge in [0.2, 0.25) is 5.91 Å². The SMILES string of the molecule is COC(=O)N1CCCCN(C(=O)[C@@H]2CN(c3ccc(C#N)nn3)C[C@H]2c2ccc(Cl)cn2)CC1c1ccc(Cl)cc1. The summed E-state index contributed by atoms with van der Waals surface area (Å²) in [5.41, 5.74) is 1.85. The number of carbonyl (C=O) groups is 2. The van der Waals surface area contributed by atoms with Gasteiger partial charge in [-0.15, -0.1) is 10.2 Å². The highest BCUT2D eigenvalue weighted by Gasteiger charge is 2.43. The number of nitriles is 1. The number of anilines is 1. The molecule has 0 bridgehead atoms. The van der Waals surface area contributed by atoms with E-state index in [1.54, 1.807) is 41.4 Å². The predicted octanol–water partition coefficient (Wildman–Crippen LogP) is 4.70. The van der Waals surface area contributed by atoms with E-state index in [0.29, 0.717) is 48.6 Å². The molecule has 10 nitrogen and oxygen atoms in total. The van der Waals surface area contributed by atoms with Crippen LogP contribution in [0.3, 0.4) is 0 Å². The highest BCUT2D eigenvalue weighted by molar-refractivity contribution is 6.30. The highest BCUT2D eigenvalue weighted by atomic mass is 35.5. The minimum absolute atomic E-state index is 0.0264. The fraction of sp³-hybridized carbons (Fsp3) is 0.379. The fourth-order valence-corrected chi connectivity index (χ4v) is 5.82. The van der Waals surface area contributed by atoms with E-state index in [0.717, 1.165) is 24.1 Å². The number of aromatic nitrogens is 3. The number of hydrogen-bond donors (Lipinski definition) is 0. The summed E-state index contributed by atoms with van der Waals surface area (Å²) in [7, 11) is 1.37. The second kappa shape index (κ2) is 12.7. The number of halogens is 2. The Bertz CT molecular complexity index is 1410. The van der Waals surface area contributed by atoms with Crippen molar-refractivity contribution in [2.75, 3.05) is 44.7 Å². The second-order valence-electron chi connectivity index (χ2n) is 10.1. The highest BCUT2D eigenvalue weighted by Crippen LogP contribution is 2.37. The summed E-state index contributed by atoms with van der Waals surface area (Å²) >= 11 is 12.3. The van der Waals surface area contributed by atoms with Crippen molar-refractivity contribution in [1.29, 1.82) is 5.26 Å². The molecule has 2 fully saturated rings. The standard InChI is InChI=1S/C29H29Cl2N7O3/c1-41-29(40)38-13-3-2-12-36(18-26(38)19-4-6-20(30)7-5-19)28(39)24-17-37(27-11-9-22(14-32)34-35-27)16-23(24)25-10-8-21(31)15-33-25/h4-11,15,23-24,26H,2-3,12-13,16-18H2,1H3/t23-,24-,26?/m1/s1. The zero-order valence-corrected chi connectivity index (χ0v) is 24.0. The molecule has 4 heterocycles. The van der Waals surface area contributed by atoms with Crippen molar-refractivity contribution in [3.63, 3.8) is 0 Å². The molecule has 0 N–H and O–H groups in total. The molecule has 2 aliphatic heterocycles. The number of rotatable bonds is 4. The van der Waals surface area contributed by atoms with Crippen LogP contribution in [0.2, 0.25) is 10.0 Å². The Morgan fingerprint density at radius 2 is 1.71 bits per heavy atom. The van der Waals surface area contributed by atoms with Gasteiger partial charge in [-0.05, 0) is 54.8 Å². The van der Waals surface area contributed by atoms with Crippen molar-refractivity contribution in [2.45, 2.75) is 24.8 Å². The van der Waals surface area contributed by atoms with Crippen molar-refractivity contribution in [2.24, 2.45) is 5.92 Å². The van der Waals surface area contributed by atoms with E-state index < -0.39 is 18.1 Å². The van der Waals surface area contributed by atoms with Crippen LogP contribution in [-0.4, -0.2) is 76.8 Å². The van der Waals surface area contributed by atoms with Crippen LogP contribution < -0.4 is 4.90 Å². The number of hydrogen-bond acceptors (Lipinski definition) is 8. The number of pyridine rings is 1. The Morgan fingerprint density at radius 1 is 0.951 bits per heavy atom. The molecule has 3 atom stereocenters. The molecule has 0 aliphatic carbocycles. The molecule has 2 amide bonds. The van der Waals surface area contributed by atoms with E-state index in [4.69, 9.17) is 33.2 Å². The molecular weight excluding hydrogens is 565 g/mol. The Morgan fingerprint density at radius 3 is 2.37 bits per heavy atom. The van der Waals surface area contributed by atoms with Crippen molar-refractivity contribution >= 4 is 41.0 Å². The van der Waals surface area contributed by atoms with Crippen LogP contribution in [0.4, 0.5) is 10.6 Å². The molecule has 212 valence electrons. The number of carbonyl (C=O) groups excluding carboxylic acids is 2. The van der Waals surface area contributed by atoms with E-state index in [1.807, 2.05) is 34.1 Å². The van der Waals surface area contributed by atoms with E-state index in [-0.39, 0.29) is 17.5 Å². The third kappa shape index (κ3) is 6.37. The maximum atomic E-state index is 14.4. The lowest BCUT2D eigenvalue weighted by Gasteiger charge is -2.38. The van der Waals surface area contributed by atoms with Crippen molar-refractivity contribution in [3.05, 3.63) is 81.7 Å². The first kappa shape index (κ1) is 28.6. The van der Waals surface area contributed by atoms with Gasteiger partial charge < -0.3 is 14.5 Å². The normalized spacial score (nSPS) is 21.1. The molecule has 0 spiro atoms. The van der Waals surface area contributed by atoms with Gasteiger partial charge in [-0.3, -0.25) is 14.7 Å². The van der Waals surface area contributed by atoms with E-state index in [1.165, 1.54) is 7.11 Å². The van der Waals surface area contributed by atoms with Gasteiger partial charge in [0.25, 0.3) is 0 Å². The third-order valence-electron chi connectivity index (χ3n) is 7.68. The third-order valence-corrected chi connectivity index (χ3v) is 8.15. The molecule has 0 radical (unpaired) electrons. The number of amides is 2. The van der Waals surface area contributed by atoms with Gasteiger partial charge >= 0.3 is 6.09 Å². The summed E-state index contributed by atoms with van der Waals surface area (Å²) < 4.78 is 5.12. The van der Waals surface area contributed by atoms with Crippen LogP contribution in [0.5, 0.6) is 0 Å². The molecular formula is C29H29Cl2N7O3. The number of benzene rings is 1. The molecule has 41 heavy (non-hydrogen) atoms. The van der Waals surface area contributed by atoms with Crippen LogP contribution in [-0.2, 0) is 9.53 Å². The summed E-state index contributed by atoms with van der Waals surface area (Å²) in [5, 5.41) is 18.4. The fourth-order valence-electron chi connectivity index (χ4n) is 5.58. The van der Waals surface area contributed by atoms with Crippen LogP contribution in [0, 0.1) is 17.2 Å². The zero-order chi connectivity index (χ0) is 28.9. The van der Waals surface area contributed by atoms with Gasteiger partial charge in [0.05, 0.1) is 24.1 Å². The molecule has 2 aliphatic rings. The molecule has 12 heteroatoms. The van der Waals surface area contributed by atoms with Crippen LogP contribution in [0.25, 0.3) is 0 Å². The number of methoxy groups -OCH3 is 1. The summed E-state index contributed by atoms with van der Waals surface area (Å²) in [6.45, 7) is 2.29. The quantitative estimate of drug-likeness (QED) is 0.427. The number of ether oxygens (including phenoxy) is 1. The monoisotopic (exact) mass is 593 g/mol. The topological polar surface area (TPSA) is 116 Å². The lowest BCUT2D eigenvalue weighted by molar-refractivity contribution is -0.136. The van der Waals surface area contributed by atoms with Crippen molar-refractivity contribution < 1.29 is 14.3 Å². The molecule has 3 aromatic rings. The van der Waals surface area contributed by atoms with Gasteiger partial charge in [-0.1, -0.05) is 35.3 Å². The van der Waals surface area contributed by atoms with Crippen molar-refractivity contribution in [1.82, 2.24) is 25.0 Å². The Kier molecular flexibility index (Phi) is 8.86. The maximum absolute atomic E-state index is 14.4. The van der Waals surface area contributed by atoms with Crippen molar-refractivity contribution in [3.8, 4) is 6.07 Å². The van der Waals surface area contributed by atoms with Gasteiger partial charge in [0.1, 0.15) is 6.07 Å². The molecule has 0 saturated carbocycles. The summed E-state index contributed by atoms with van der Waals surface area (Å²) in [5.74, 6) is -0.102. The summed E-state index contributed by atoms with van der Waals surface area (Å²) in [4.78, 5) is 37.3. The average molecular weight is 595 g/mol. The largest absolute Gasteiger partial charge is 0.453 e. The maximum Gasteiger partial charge on any atom is 0.410 e. The lowest BCUT2D eigenvalue weighted by atomic mass is 9.90. The van der Waals surface area contributed by atoms with E-state index in [9.17, 15) is 9.59 Å². The van der Waals surface area contributed by atoms with Gasteiger partial charge in [0, 0.05) is 55.6 Å². The Labute approximate surface area is 248 Å². The van der Waals surface area contributed by atoms with Gasteiger partial charge in [-0.2, -0.15) is 5.26 Å². The molecule has 1 aromatic carbocycles. The zero-order valence-electron chi connectivity index (χ0n) is 22.5. The van der Waals surface area contributed by atoms with Gasteiger partial charge in [0.15, 0.2) is 11.5 Å². The lowest BCUT2D eigenvalue weighted by Crippen LogP contribution is -2.48. The predicted molar refractivity (Wildman–Crippen MR) is 154 cm³/mol. The number of nitrogens with zero attached hydrogens (tertiary/aromatic N) is 7. The minimum Gasteiger partial charge on any atom is -0.453 e. The van der Waals surface area contributed by atoms with Crippen LogP contribution in [0.15, 0.2) is 54.7 Å². The molecule has 2 aromatic heterocycles. The molecule has 2 saturated heterocycles. The first-order valence-corrected chi connectivity index (χ1v) is 14.1.